The molecule has 0 fully saturated rings. The minimum atomic E-state index is -4.52. The first-order valence-electron chi connectivity index (χ1n) is 11.0. The maximum absolute atomic E-state index is 13.4. The van der Waals surface area contributed by atoms with E-state index in [0.717, 1.165) is 28.8 Å². The summed E-state index contributed by atoms with van der Waals surface area (Å²) in [5.74, 6) is -1.08. The molecule has 2 atom stereocenters. The molecular weight excluding hydrogens is 462 g/mol. The first kappa shape index (κ1) is 26.1. The van der Waals surface area contributed by atoms with E-state index in [9.17, 15) is 22.4 Å². The summed E-state index contributed by atoms with van der Waals surface area (Å²) in [6.07, 6.45) is 0.134. The minimum Gasteiger partial charge on any atom is -0.462 e. The predicted octanol–water partition coefficient (Wildman–Crippen LogP) is 5.63. The van der Waals surface area contributed by atoms with Crippen molar-refractivity contribution in [1.29, 1.82) is 0 Å². The maximum Gasteiger partial charge on any atom is 0.417 e. The van der Waals surface area contributed by atoms with Gasteiger partial charge in [-0.1, -0.05) is 18.2 Å². The second-order valence-electron chi connectivity index (χ2n) is 8.99. The smallest absolute Gasteiger partial charge is 0.417 e. The molecule has 1 amide bonds. The Morgan fingerprint density at radius 3 is 2.31 bits per heavy atom. The van der Waals surface area contributed by atoms with Crippen LogP contribution >= 0.6 is 0 Å². The van der Waals surface area contributed by atoms with Crippen LogP contribution in [0.4, 0.5) is 17.6 Å². The van der Waals surface area contributed by atoms with Crippen molar-refractivity contribution in [2.24, 2.45) is 0 Å². The van der Waals surface area contributed by atoms with Crippen molar-refractivity contribution in [2.75, 3.05) is 0 Å². The first-order valence-corrected chi connectivity index (χ1v) is 11.0. The maximum atomic E-state index is 13.4. The molecule has 0 bridgehead atoms. The van der Waals surface area contributed by atoms with Gasteiger partial charge in [0.25, 0.3) is 5.91 Å². The average molecular weight is 490 g/mol. The molecule has 35 heavy (non-hydrogen) atoms. The van der Waals surface area contributed by atoms with Gasteiger partial charge in [-0.25, -0.2) is 9.37 Å². The number of hydrogen-bond acceptors (Lipinski definition) is 4. The first-order chi connectivity index (χ1) is 16.3. The van der Waals surface area contributed by atoms with Gasteiger partial charge in [-0.05, 0) is 69.0 Å². The van der Waals surface area contributed by atoms with Crippen molar-refractivity contribution >= 4 is 5.91 Å². The molecule has 0 radical (unpaired) electrons. The summed E-state index contributed by atoms with van der Waals surface area (Å²) in [7, 11) is 0. The Hall–Kier alpha value is -3.49. The van der Waals surface area contributed by atoms with Crippen molar-refractivity contribution in [1.82, 2.24) is 15.3 Å². The van der Waals surface area contributed by atoms with E-state index >= 15 is 0 Å². The number of aryl methyl sites for hydroxylation is 1. The average Bonchev–Trinajstić information content (AvgIpc) is 2.78. The Labute approximate surface area is 201 Å². The normalized spacial score (nSPS) is 13.7. The number of rotatable bonds is 8. The summed E-state index contributed by atoms with van der Waals surface area (Å²) in [5.41, 5.74) is 0.443. The predicted molar refractivity (Wildman–Crippen MR) is 123 cm³/mol. The quantitative estimate of drug-likeness (QED) is 0.417. The summed E-state index contributed by atoms with van der Waals surface area (Å²) < 4.78 is 57.3. The van der Waals surface area contributed by atoms with Gasteiger partial charge in [0.1, 0.15) is 5.82 Å². The Balaban J connectivity index is 1.76. The minimum absolute atomic E-state index is 0.100. The number of ether oxygens (including phenoxy) is 1. The molecule has 5 nitrogen and oxygen atoms in total. The molecule has 1 aromatic carbocycles. The Morgan fingerprint density at radius 2 is 1.74 bits per heavy atom. The molecule has 9 heteroatoms. The summed E-state index contributed by atoms with van der Waals surface area (Å²) in [5, 5.41) is 2.95. The molecule has 2 unspecified atom stereocenters. The number of pyridine rings is 2. The van der Waals surface area contributed by atoms with Crippen LogP contribution in [-0.4, -0.2) is 27.5 Å². The summed E-state index contributed by atoms with van der Waals surface area (Å²) in [6.45, 7) is 6.79. The van der Waals surface area contributed by atoms with Crippen molar-refractivity contribution in [3.63, 3.8) is 0 Å². The van der Waals surface area contributed by atoms with E-state index < -0.39 is 23.2 Å². The molecule has 0 aliphatic rings. The molecule has 3 aromatic rings. The second-order valence-corrected chi connectivity index (χ2v) is 8.99. The number of carbonyl (C=O) groups excluding carboxylic acids is 1. The highest BCUT2D eigenvalue weighted by atomic mass is 19.4. The van der Waals surface area contributed by atoms with Crippen LogP contribution in [0.5, 0.6) is 5.88 Å². The molecule has 186 valence electrons. The fraction of sp³-hybridized carbons (Fsp3) is 0.346. The van der Waals surface area contributed by atoms with Gasteiger partial charge in [0.05, 0.1) is 5.56 Å². The van der Waals surface area contributed by atoms with Crippen LogP contribution in [0.3, 0.4) is 0 Å². The van der Waals surface area contributed by atoms with Gasteiger partial charge in [-0.3, -0.25) is 9.78 Å². The second kappa shape index (κ2) is 10.4. The third kappa shape index (κ3) is 7.00. The number of amides is 1. The van der Waals surface area contributed by atoms with Gasteiger partial charge in [0, 0.05) is 36.6 Å². The molecule has 0 spiro atoms. The Morgan fingerprint density at radius 1 is 1.06 bits per heavy atom. The van der Waals surface area contributed by atoms with Crippen molar-refractivity contribution < 1.29 is 27.1 Å². The highest BCUT2D eigenvalue weighted by Crippen LogP contribution is 2.30. The van der Waals surface area contributed by atoms with Crippen LogP contribution < -0.4 is 10.1 Å². The largest absolute Gasteiger partial charge is 0.462 e. The van der Waals surface area contributed by atoms with Gasteiger partial charge in [-0.15, -0.1) is 0 Å². The molecule has 2 aromatic heterocycles. The van der Waals surface area contributed by atoms with Crippen molar-refractivity contribution in [2.45, 2.75) is 57.9 Å². The topological polar surface area (TPSA) is 64.1 Å². The van der Waals surface area contributed by atoms with Gasteiger partial charge < -0.3 is 10.1 Å². The number of alkyl halides is 3. The van der Waals surface area contributed by atoms with Crippen LogP contribution in [0.1, 0.15) is 48.9 Å². The van der Waals surface area contributed by atoms with Crippen LogP contribution in [-0.2, 0) is 17.4 Å². The number of carbonyl (C=O) groups is 1. The zero-order valence-electron chi connectivity index (χ0n) is 19.9. The van der Waals surface area contributed by atoms with Crippen molar-refractivity contribution in [3.8, 4) is 5.88 Å². The van der Waals surface area contributed by atoms with E-state index in [1.807, 2.05) is 19.9 Å². The molecule has 0 aliphatic heterocycles. The van der Waals surface area contributed by atoms with Gasteiger partial charge in [0.15, 0.2) is 5.60 Å². The van der Waals surface area contributed by atoms with Crippen LogP contribution in [0, 0.1) is 12.7 Å². The summed E-state index contributed by atoms with van der Waals surface area (Å²) >= 11 is 0. The number of halogens is 4. The monoisotopic (exact) mass is 489 g/mol. The molecule has 0 aliphatic carbocycles. The van der Waals surface area contributed by atoms with Gasteiger partial charge in [-0.2, -0.15) is 13.2 Å². The molecule has 1 N–H and O–H groups in total. The van der Waals surface area contributed by atoms with Crippen molar-refractivity contribution in [3.05, 3.63) is 89.1 Å². The zero-order chi connectivity index (χ0) is 25.8. The van der Waals surface area contributed by atoms with Gasteiger partial charge >= 0.3 is 6.18 Å². The van der Waals surface area contributed by atoms with Crippen LogP contribution in [0.25, 0.3) is 0 Å². The van der Waals surface area contributed by atoms with E-state index in [4.69, 9.17) is 4.74 Å². The summed E-state index contributed by atoms with van der Waals surface area (Å²) in [6, 6.07) is 9.71. The molecule has 2 heterocycles. The lowest BCUT2D eigenvalue weighted by molar-refractivity contribution is -0.138. The summed E-state index contributed by atoms with van der Waals surface area (Å²) in [4.78, 5) is 21.0. The molecule has 0 saturated carbocycles. The lowest BCUT2D eigenvalue weighted by Crippen LogP contribution is -2.51. The number of nitrogens with one attached hydrogen (secondary N) is 1. The molecule has 3 rings (SSSR count). The van der Waals surface area contributed by atoms with Gasteiger partial charge in [0.2, 0.25) is 5.88 Å². The SMILES string of the molecule is Cc1cncc(C(Cc2ccc(F)cc2)C(C)NC(=O)C(C)(C)Oc2ccc(C(F)(F)F)cn2)c1. The van der Waals surface area contributed by atoms with E-state index in [1.165, 1.54) is 26.0 Å². The number of nitrogens with zero attached hydrogens (tertiary/aromatic N) is 2. The van der Waals surface area contributed by atoms with E-state index in [1.54, 1.807) is 24.5 Å². The Kier molecular flexibility index (Phi) is 7.77. The molecular formula is C26H27F4N3O2. The number of aromatic nitrogens is 2. The van der Waals surface area contributed by atoms with E-state index in [0.29, 0.717) is 12.6 Å². The fourth-order valence-electron chi connectivity index (χ4n) is 3.64. The molecule has 0 saturated heterocycles. The lowest BCUT2D eigenvalue weighted by Gasteiger charge is -2.30. The highest BCUT2D eigenvalue weighted by Gasteiger charge is 2.34. The van der Waals surface area contributed by atoms with Crippen LogP contribution in [0.2, 0.25) is 0 Å². The Bertz CT molecular complexity index is 1150. The fourth-order valence-corrected chi connectivity index (χ4v) is 3.64. The van der Waals surface area contributed by atoms with E-state index in [-0.39, 0.29) is 23.7 Å². The zero-order valence-corrected chi connectivity index (χ0v) is 19.9. The lowest BCUT2D eigenvalue weighted by atomic mass is 9.86. The van der Waals surface area contributed by atoms with E-state index in [2.05, 4.69) is 15.3 Å². The van der Waals surface area contributed by atoms with Crippen LogP contribution in [0.15, 0.2) is 61.1 Å². The number of hydrogen-bond donors (Lipinski definition) is 1. The third-order valence-corrected chi connectivity index (χ3v) is 5.63. The number of benzene rings is 1. The highest BCUT2D eigenvalue weighted by molar-refractivity contribution is 5.85. The third-order valence-electron chi connectivity index (χ3n) is 5.63. The standard InChI is InChI=1S/C26H27F4N3O2/c1-16-11-19(14-31-13-16)22(12-18-5-8-21(27)9-6-18)17(2)33-24(34)25(3,4)35-23-10-7-20(15-32-23)26(28,29)30/h5-11,13-15,17,22H,12H2,1-4H3,(H,33,34).